The molecule has 0 spiro atoms. The molecule has 2 rings (SSSR count). The molecule has 2 N–H and O–H groups in total. The zero-order valence-electron chi connectivity index (χ0n) is 12.3. The number of hydrogen-bond acceptors (Lipinski definition) is 3. The second kappa shape index (κ2) is 7.29. The number of nitrogens with one attached hydrogen (secondary N) is 2. The van der Waals surface area contributed by atoms with Crippen molar-refractivity contribution in [2.75, 3.05) is 19.7 Å². The van der Waals surface area contributed by atoms with Gasteiger partial charge in [0, 0.05) is 0 Å². The van der Waals surface area contributed by atoms with E-state index in [4.69, 9.17) is 4.74 Å². The van der Waals surface area contributed by atoms with E-state index in [1.165, 1.54) is 5.56 Å². The molecule has 4 nitrogen and oxygen atoms in total. The molecule has 0 bridgehead atoms. The van der Waals surface area contributed by atoms with Crippen LogP contribution in [0.4, 0.5) is 0 Å². The summed E-state index contributed by atoms with van der Waals surface area (Å²) in [5.41, 5.74) is 1.17. The first kappa shape index (κ1) is 14.9. The molecule has 0 aromatic heterocycles. The fourth-order valence-corrected chi connectivity index (χ4v) is 2.48. The molecule has 1 amide bonds. The number of rotatable bonds is 5. The van der Waals surface area contributed by atoms with Gasteiger partial charge in [-0.15, -0.1) is 0 Å². The number of ether oxygens (including phenoxy) is 1. The van der Waals surface area contributed by atoms with E-state index in [1.807, 2.05) is 31.2 Å². The molecule has 0 radical (unpaired) electrons. The normalized spacial score (nSPS) is 22.3. The highest BCUT2D eigenvalue weighted by atomic mass is 16.5. The molecule has 20 heavy (non-hydrogen) atoms. The van der Waals surface area contributed by atoms with Gasteiger partial charge in [0.2, 0.25) is 5.91 Å². The lowest BCUT2D eigenvalue weighted by Gasteiger charge is -2.27. The van der Waals surface area contributed by atoms with Gasteiger partial charge in [-0.3, -0.25) is 4.79 Å². The largest absolute Gasteiger partial charge is 0.492 e. The average Bonchev–Trinajstić information content (AvgIpc) is 2.43. The van der Waals surface area contributed by atoms with Crippen molar-refractivity contribution in [3.63, 3.8) is 0 Å². The molecule has 0 saturated carbocycles. The van der Waals surface area contributed by atoms with Crippen molar-refractivity contribution in [2.24, 2.45) is 5.92 Å². The third-order valence-electron chi connectivity index (χ3n) is 3.64. The van der Waals surface area contributed by atoms with Gasteiger partial charge in [0.05, 0.1) is 12.6 Å². The topological polar surface area (TPSA) is 50.4 Å². The van der Waals surface area contributed by atoms with Crippen LogP contribution in [-0.4, -0.2) is 31.6 Å². The standard InChI is InChI=1S/C16H24N2O2/c1-12-4-3-5-14(10-12)20-9-8-18-16(19)15-11-13(2)6-7-17-15/h3-5,10,13,15,17H,6-9,11H2,1-2H3,(H,18,19). The molecule has 110 valence electrons. The lowest BCUT2D eigenvalue weighted by molar-refractivity contribution is -0.124. The maximum Gasteiger partial charge on any atom is 0.237 e. The molecule has 1 aliphatic rings. The Morgan fingerprint density at radius 3 is 3.10 bits per heavy atom. The summed E-state index contributed by atoms with van der Waals surface area (Å²) in [6, 6.07) is 7.88. The van der Waals surface area contributed by atoms with Crippen LogP contribution >= 0.6 is 0 Å². The lowest BCUT2D eigenvalue weighted by Crippen LogP contribution is -2.49. The molecule has 0 aliphatic carbocycles. The number of carbonyl (C=O) groups excluding carboxylic acids is 1. The van der Waals surface area contributed by atoms with Crippen molar-refractivity contribution in [3.05, 3.63) is 29.8 Å². The van der Waals surface area contributed by atoms with Gasteiger partial charge in [0.25, 0.3) is 0 Å². The molecule has 1 heterocycles. The smallest absolute Gasteiger partial charge is 0.237 e. The molecular weight excluding hydrogens is 252 g/mol. The minimum Gasteiger partial charge on any atom is -0.492 e. The number of benzene rings is 1. The van der Waals surface area contributed by atoms with Gasteiger partial charge in [-0.1, -0.05) is 19.1 Å². The summed E-state index contributed by atoms with van der Waals surface area (Å²) in [4.78, 5) is 12.0. The molecule has 1 fully saturated rings. The zero-order valence-corrected chi connectivity index (χ0v) is 12.3. The van der Waals surface area contributed by atoms with Gasteiger partial charge in [0.15, 0.2) is 0 Å². The zero-order chi connectivity index (χ0) is 14.4. The average molecular weight is 276 g/mol. The second-order valence-electron chi connectivity index (χ2n) is 5.59. The van der Waals surface area contributed by atoms with Crippen LogP contribution in [0.1, 0.15) is 25.3 Å². The summed E-state index contributed by atoms with van der Waals surface area (Å²) in [6.45, 7) is 6.20. The van der Waals surface area contributed by atoms with Crippen molar-refractivity contribution in [2.45, 2.75) is 32.7 Å². The van der Waals surface area contributed by atoms with Crippen molar-refractivity contribution < 1.29 is 9.53 Å². The van der Waals surface area contributed by atoms with Crippen LogP contribution in [0.5, 0.6) is 5.75 Å². The van der Waals surface area contributed by atoms with Gasteiger partial charge >= 0.3 is 0 Å². The summed E-state index contributed by atoms with van der Waals surface area (Å²) in [7, 11) is 0. The van der Waals surface area contributed by atoms with Crippen LogP contribution in [-0.2, 0) is 4.79 Å². The number of aryl methyl sites for hydroxylation is 1. The Balaban J connectivity index is 1.66. The Morgan fingerprint density at radius 1 is 1.50 bits per heavy atom. The Kier molecular flexibility index (Phi) is 5.41. The Hall–Kier alpha value is -1.55. The van der Waals surface area contributed by atoms with E-state index in [1.54, 1.807) is 0 Å². The molecule has 1 aromatic rings. The minimum absolute atomic E-state index is 0.0438. The van der Waals surface area contributed by atoms with E-state index >= 15 is 0 Å². The molecule has 1 aliphatic heterocycles. The quantitative estimate of drug-likeness (QED) is 0.807. The van der Waals surface area contributed by atoms with Gasteiger partial charge in [0.1, 0.15) is 12.4 Å². The second-order valence-corrected chi connectivity index (χ2v) is 5.59. The van der Waals surface area contributed by atoms with E-state index in [-0.39, 0.29) is 11.9 Å². The molecular formula is C16H24N2O2. The highest BCUT2D eigenvalue weighted by Gasteiger charge is 2.23. The van der Waals surface area contributed by atoms with Crippen LogP contribution in [0.15, 0.2) is 24.3 Å². The van der Waals surface area contributed by atoms with E-state index in [0.717, 1.165) is 25.1 Å². The minimum atomic E-state index is -0.0438. The van der Waals surface area contributed by atoms with Crippen molar-refractivity contribution in [3.8, 4) is 5.75 Å². The fourth-order valence-electron chi connectivity index (χ4n) is 2.48. The SMILES string of the molecule is Cc1cccc(OCCNC(=O)C2CC(C)CCN2)c1. The third kappa shape index (κ3) is 4.53. The third-order valence-corrected chi connectivity index (χ3v) is 3.64. The maximum absolute atomic E-state index is 12.0. The van der Waals surface area contributed by atoms with Gasteiger partial charge in [-0.25, -0.2) is 0 Å². The summed E-state index contributed by atoms with van der Waals surface area (Å²) in [5.74, 6) is 1.56. The van der Waals surface area contributed by atoms with Crippen LogP contribution < -0.4 is 15.4 Å². The molecule has 2 unspecified atom stereocenters. The number of carbonyl (C=O) groups is 1. The predicted octanol–water partition coefficient (Wildman–Crippen LogP) is 1.88. The van der Waals surface area contributed by atoms with Crippen LogP contribution in [0.2, 0.25) is 0 Å². The number of amides is 1. The predicted molar refractivity (Wildman–Crippen MR) is 79.9 cm³/mol. The first-order chi connectivity index (χ1) is 9.65. The van der Waals surface area contributed by atoms with Gasteiger partial charge in [-0.05, 0) is 49.9 Å². The van der Waals surface area contributed by atoms with Crippen LogP contribution in [0.3, 0.4) is 0 Å². The fraction of sp³-hybridized carbons (Fsp3) is 0.562. The number of piperidine rings is 1. The molecule has 4 heteroatoms. The first-order valence-electron chi connectivity index (χ1n) is 7.35. The maximum atomic E-state index is 12.0. The summed E-state index contributed by atoms with van der Waals surface area (Å²) >= 11 is 0. The Labute approximate surface area is 120 Å². The van der Waals surface area contributed by atoms with E-state index in [2.05, 4.69) is 17.6 Å². The van der Waals surface area contributed by atoms with Crippen molar-refractivity contribution >= 4 is 5.91 Å². The highest BCUT2D eigenvalue weighted by Crippen LogP contribution is 2.15. The van der Waals surface area contributed by atoms with Crippen molar-refractivity contribution in [1.29, 1.82) is 0 Å². The summed E-state index contributed by atoms with van der Waals surface area (Å²) in [6.07, 6.45) is 2.07. The summed E-state index contributed by atoms with van der Waals surface area (Å²) in [5, 5.41) is 6.19. The first-order valence-corrected chi connectivity index (χ1v) is 7.35. The molecule has 2 atom stereocenters. The van der Waals surface area contributed by atoms with Crippen molar-refractivity contribution in [1.82, 2.24) is 10.6 Å². The molecule has 1 saturated heterocycles. The van der Waals surface area contributed by atoms with Crippen LogP contribution in [0, 0.1) is 12.8 Å². The van der Waals surface area contributed by atoms with Crippen LogP contribution in [0.25, 0.3) is 0 Å². The molecule has 1 aromatic carbocycles. The Bertz CT molecular complexity index is 448. The van der Waals surface area contributed by atoms with Gasteiger partial charge < -0.3 is 15.4 Å². The lowest BCUT2D eigenvalue weighted by atomic mass is 9.94. The monoisotopic (exact) mass is 276 g/mol. The van der Waals surface area contributed by atoms with E-state index < -0.39 is 0 Å². The Morgan fingerprint density at radius 2 is 2.35 bits per heavy atom. The van der Waals surface area contributed by atoms with E-state index in [9.17, 15) is 4.79 Å². The van der Waals surface area contributed by atoms with E-state index in [0.29, 0.717) is 19.1 Å². The summed E-state index contributed by atoms with van der Waals surface area (Å²) < 4.78 is 5.61. The van der Waals surface area contributed by atoms with Gasteiger partial charge in [-0.2, -0.15) is 0 Å². The number of hydrogen-bond donors (Lipinski definition) is 2. The highest BCUT2D eigenvalue weighted by molar-refractivity contribution is 5.81.